The van der Waals surface area contributed by atoms with E-state index in [2.05, 4.69) is 0 Å². The molecule has 0 aromatic heterocycles. The molecule has 9 heteroatoms. The number of amides is 2. The van der Waals surface area contributed by atoms with E-state index in [0.29, 0.717) is 0 Å². The lowest BCUT2D eigenvalue weighted by atomic mass is 9.98. The van der Waals surface area contributed by atoms with Crippen molar-refractivity contribution in [3.63, 3.8) is 0 Å². The number of carboxylic acid groups (broad SMARTS) is 1. The summed E-state index contributed by atoms with van der Waals surface area (Å²) < 4.78 is 33.4. The highest BCUT2D eigenvalue weighted by Crippen LogP contribution is 2.44. The number of aliphatic carboxylic acids is 1. The first-order valence-electron chi connectivity index (χ1n) is 10.2. The predicted octanol–water partition coefficient (Wildman–Crippen LogP) is 3.53. The number of nitrogens with one attached hydrogen (secondary N) is 2. The zero-order valence-electron chi connectivity index (χ0n) is 17.4. The molecule has 170 valence electrons. The van der Waals surface area contributed by atoms with Gasteiger partial charge < -0.3 is 20.5 Å². The number of halogens is 2. The number of hydrogen-bond acceptors (Lipinski definition) is 4. The van der Waals surface area contributed by atoms with Gasteiger partial charge in [-0.1, -0.05) is 55.5 Å². The Labute approximate surface area is 183 Å². The first-order valence-corrected chi connectivity index (χ1v) is 10.2. The fourth-order valence-electron chi connectivity index (χ4n) is 3.71. The van der Waals surface area contributed by atoms with Crippen LogP contribution in [0.4, 0.5) is 13.6 Å². The second-order valence-corrected chi connectivity index (χ2v) is 7.56. The molecule has 2 aromatic rings. The summed E-state index contributed by atoms with van der Waals surface area (Å²) >= 11 is 0. The maximum absolute atomic E-state index is 14.1. The van der Waals surface area contributed by atoms with Gasteiger partial charge in [0, 0.05) is 12.0 Å². The Morgan fingerprint density at radius 2 is 1.62 bits per heavy atom. The van der Waals surface area contributed by atoms with Gasteiger partial charge in [-0.05, 0) is 28.7 Å². The summed E-state index contributed by atoms with van der Waals surface area (Å²) in [6, 6.07) is 14.5. The van der Waals surface area contributed by atoms with Crippen molar-refractivity contribution in [3.8, 4) is 11.1 Å². The van der Waals surface area contributed by atoms with Crippen LogP contribution in [0, 0.1) is 0 Å². The monoisotopic (exact) mass is 446 g/mol. The van der Waals surface area contributed by atoms with Crippen LogP contribution in [0.1, 0.15) is 36.8 Å². The molecular weight excluding hydrogens is 422 g/mol. The molecule has 0 unspecified atom stereocenters. The molecule has 2 amide bonds. The number of ether oxygens (including phenoxy) is 1. The van der Waals surface area contributed by atoms with Gasteiger partial charge in [-0.3, -0.25) is 9.59 Å². The number of alkyl halides is 2. The smallest absolute Gasteiger partial charge is 0.407 e. The zero-order chi connectivity index (χ0) is 23.3. The van der Waals surface area contributed by atoms with Gasteiger partial charge in [-0.25, -0.2) is 4.79 Å². The van der Waals surface area contributed by atoms with Gasteiger partial charge >= 0.3 is 18.0 Å². The van der Waals surface area contributed by atoms with Crippen molar-refractivity contribution in [1.29, 1.82) is 0 Å². The third-order valence-electron chi connectivity index (χ3n) is 5.38. The van der Waals surface area contributed by atoms with Crippen LogP contribution >= 0.6 is 0 Å². The van der Waals surface area contributed by atoms with Crippen LogP contribution in [0.25, 0.3) is 11.1 Å². The van der Waals surface area contributed by atoms with Crippen LogP contribution in [0.3, 0.4) is 0 Å². The van der Waals surface area contributed by atoms with E-state index in [1.54, 1.807) is 6.92 Å². The van der Waals surface area contributed by atoms with Gasteiger partial charge in [0.2, 0.25) is 0 Å². The Morgan fingerprint density at radius 1 is 1.06 bits per heavy atom. The molecule has 0 aliphatic heterocycles. The van der Waals surface area contributed by atoms with Gasteiger partial charge in [0.15, 0.2) is 0 Å². The molecule has 32 heavy (non-hydrogen) atoms. The topological polar surface area (TPSA) is 105 Å². The van der Waals surface area contributed by atoms with Gasteiger partial charge in [-0.15, -0.1) is 0 Å². The minimum atomic E-state index is -3.92. The molecule has 0 heterocycles. The number of carbonyl (C=O) groups excluding carboxylic acids is 2. The lowest BCUT2D eigenvalue weighted by Gasteiger charge is -2.21. The number of hydrogen-bond donors (Lipinski definition) is 3. The summed E-state index contributed by atoms with van der Waals surface area (Å²) in [5.41, 5.74) is 4.03. The van der Waals surface area contributed by atoms with E-state index in [1.165, 1.54) is 0 Å². The van der Waals surface area contributed by atoms with E-state index >= 15 is 0 Å². The van der Waals surface area contributed by atoms with E-state index in [1.807, 2.05) is 59.2 Å². The quantitative estimate of drug-likeness (QED) is 0.547. The number of benzene rings is 2. The third kappa shape index (κ3) is 5.22. The average molecular weight is 446 g/mol. The van der Waals surface area contributed by atoms with Gasteiger partial charge in [0.1, 0.15) is 6.61 Å². The van der Waals surface area contributed by atoms with Crippen molar-refractivity contribution >= 4 is 18.0 Å². The normalized spacial score (nSPS) is 13.6. The van der Waals surface area contributed by atoms with Crippen molar-refractivity contribution in [2.24, 2.45) is 0 Å². The standard InChI is InChI=1S/C23H24F2N2O5/c1-2-14(11-20(28)29)27-21(30)23(24,25)13-26-22(31)32-12-19-17-9-5-3-7-15(17)16-8-4-6-10-18(16)19/h3-10,14,19H,2,11-13H2,1H3,(H,26,31)(H,27,30)(H,28,29)/t14-/m1/s1. The SMILES string of the molecule is CC[C@H](CC(=O)O)NC(=O)C(F)(F)CNC(=O)OCC1c2ccccc2-c2ccccc21. The number of carbonyl (C=O) groups is 3. The Balaban J connectivity index is 1.55. The van der Waals surface area contributed by atoms with E-state index in [-0.39, 0.29) is 18.9 Å². The third-order valence-corrected chi connectivity index (χ3v) is 5.38. The molecule has 0 saturated carbocycles. The summed E-state index contributed by atoms with van der Waals surface area (Å²) in [4.78, 5) is 34.6. The molecule has 1 aliphatic carbocycles. The van der Waals surface area contributed by atoms with Crippen molar-refractivity contribution in [3.05, 3.63) is 59.7 Å². The Kier molecular flexibility index (Phi) is 7.07. The van der Waals surface area contributed by atoms with Crippen LogP contribution < -0.4 is 10.6 Å². The van der Waals surface area contributed by atoms with E-state index in [4.69, 9.17) is 9.84 Å². The molecular formula is C23H24F2N2O5. The Morgan fingerprint density at radius 3 is 2.16 bits per heavy atom. The number of fused-ring (bicyclic) bond motifs is 3. The van der Waals surface area contributed by atoms with Crippen molar-refractivity contribution < 1.29 is 33.0 Å². The molecule has 3 rings (SSSR count). The van der Waals surface area contributed by atoms with Gasteiger partial charge in [0.25, 0.3) is 5.91 Å². The first-order chi connectivity index (χ1) is 15.2. The minimum Gasteiger partial charge on any atom is -0.481 e. The predicted molar refractivity (Wildman–Crippen MR) is 112 cm³/mol. The lowest BCUT2D eigenvalue weighted by Crippen LogP contribution is -2.51. The number of alkyl carbamates (subject to hydrolysis) is 1. The van der Waals surface area contributed by atoms with Crippen LogP contribution in [-0.2, 0) is 14.3 Å². The highest BCUT2D eigenvalue weighted by atomic mass is 19.3. The van der Waals surface area contributed by atoms with Crippen molar-refractivity contribution in [2.45, 2.75) is 37.6 Å². The number of carboxylic acids is 1. The minimum absolute atomic E-state index is 0.0475. The maximum Gasteiger partial charge on any atom is 0.407 e. The molecule has 0 saturated heterocycles. The molecule has 2 aromatic carbocycles. The molecule has 0 fully saturated rings. The summed E-state index contributed by atoms with van der Waals surface area (Å²) in [7, 11) is 0. The van der Waals surface area contributed by atoms with Crippen LogP contribution in [0.5, 0.6) is 0 Å². The number of rotatable bonds is 9. The first kappa shape index (κ1) is 23.2. The Hall–Kier alpha value is -3.49. The highest BCUT2D eigenvalue weighted by molar-refractivity contribution is 5.85. The molecule has 1 aliphatic rings. The van der Waals surface area contributed by atoms with Crippen LogP contribution in [0.2, 0.25) is 0 Å². The molecule has 7 nitrogen and oxygen atoms in total. The van der Waals surface area contributed by atoms with Crippen molar-refractivity contribution in [1.82, 2.24) is 10.6 Å². The average Bonchev–Trinajstić information content (AvgIpc) is 3.09. The highest BCUT2D eigenvalue weighted by Gasteiger charge is 2.40. The summed E-state index contributed by atoms with van der Waals surface area (Å²) in [5.74, 6) is -7.00. The summed E-state index contributed by atoms with van der Waals surface area (Å²) in [6.45, 7) is 0.258. The fraction of sp³-hybridized carbons (Fsp3) is 0.348. The second kappa shape index (κ2) is 9.76. The second-order valence-electron chi connectivity index (χ2n) is 7.56. The van der Waals surface area contributed by atoms with Crippen LogP contribution in [-0.4, -0.2) is 48.2 Å². The summed E-state index contributed by atoms with van der Waals surface area (Å²) in [6.07, 6.45) is -1.37. The molecule has 0 spiro atoms. The van der Waals surface area contributed by atoms with E-state index in [0.717, 1.165) is 22.3 Å². The van der Waals surface area contributed by atoms with E-state index in [9.17, 15) is 23.2 Å². The summed E-state index contributed by atoms with van der Waals surface area (Å²) in [5, 5.41) is 12.7. The molecule has 0 bridgehead atoms. The zero-order valence-corrected chi connectivity index (χ0v) is 17.4. The Bertz CT molecular complexity index is 966. The molecule has 1 atom stereocenters. The molecule has 3 N–H and O–H groups in total. The van der Waals surface area contributed by atoms with E-state index < -0.39 is 42.9 Å². The molecule has 0 radical (unpaired) electrons. The van der Waals surface area contributed by atoms with Crippen LogP contribution in [0.15, 0.2) is 48.5 Å². The fourth-order valence-corrected chi connectivity index (χ4v) is 3.71. The van der Waals surface area contributed by atoms with Crippen molar-refractivity contribution in [2.75, 3.05) is 13.2 Å². The largest absolute Gasteiger partial charge is 0.481 e. The van der Waals surface area contributed by atoms with Gasteiger partial charge in [0.05, 0.1) is 13.0 Å². The lowest BCUT2D eigenvalue weighted by molar-refractivity contribution is -0.146. The van der Waals surface area contributed by atoms with Gasteiger partial charge in [-0.2, -0.15) is 8.78 Å². The maximum atomic E-state index is 14.1.